The number of hydrogen-bond acceptors (Lipinski definition) is 6. The Morgan fingerprint density at radius 2 is 1.52 bits per heavy atom. The Balaban J connectivity index is 1.77. The minimum Gasteiger partial charge on any atom is -0.457 e. The average molecular weight is 397 g/mol. The zero-order valence-electron chi connectivity index (χ0n) is 16.6. The predicted octanol–water partition coefficient (Wildman–Crippen LogP) is 3.37. The van der Waals surface area contributed by atoms with Crippen molar-refractivity contribution in [3.8, 4) is 5.75 Å². The molecule has 0 aliphatic rings. The SMILES string of the molecule is CC(=O)Oc1ccc(C(=O)COC(=O)CCC(=O)Nc2c(C)cccc2C)cc1. The smallest absolute Gasteiger partial charge is 0.308 e. The molecule has 1 amide bonds. The summed E-state index contributed by atoms with van der Waals surface area (Å²) in [6.07, 6.45) is -0.173. The summed E-state index contributed by atoms with van der Waals surface area (Å²) < 4.78 is 9.83. The van der Waals surface area contributed by atoms with Crippen LogP contribution in [-0.2, 0) is 19.1 Å². The van der Waals surface area contributed by atoms with E-state index >= 15 is 0 Å². The fraction of sp³-hybridized carbons (Fsp3) is 0.273. The molecule has 2 aromatic rings. The fourth-order valence-electron chi connectivity index (χ4n) is 2.61. The van der Waals surface area contributed by atoms with E-state index in [0.717, 1.165) is 16.8 Å². The number of carbonyl (C=O) groups is 4. The lowest BCUT2D eigenvalue weighted by Gasteiger charge is -2.11. The molecule has 1 N–H and O–H groups in total. The number of nitrogens with one attached hydrogen (secondary N) is 1. The van der Waals surface area contributed by atoms with Gasteiger partial charge in [0.15, 0.2) is 12.4 Å². The van der Waals surface area contributed by atoms with Crippen molar-refractivity contribution < 1.29 is 28.7 Å². The molecule has 0 bridgehead atoms. The molecule has 0 aromatic heterocycles. The molecule has 29 heavy (non-hydrogen) atoms. The van der Waals surface area contributed by atoms with Crippen molar-refractivity contribution in [2.24, 2.45) is 0 Å². The third-order valence-corrected chi connectivity index (χ3v) is 4.10. The van der Waals surface area contributed by atoms with Crippen molar-refractivity contribution >= 4 is 29.3 Å². The Hall–Kier alpha value is -3.48. The largest absolute Gasteiger partial charge is 0.457 e. The van der Waals surface area contributed by atoms with E-state index in [1.54, 1.807) is 0 Å². The Morgan fingerprint density at radius 3 is 2.10 bits per heavy atom. The van der Waals surface area contributed by atoms with Gasteiger partial charge in [-0.05, 0) is 49.2 Å². The van der Waals surface area contributed by atoms with Crippen molar-refractivity contribution in [1.82, 2.24) is 0 Å². The Kier molecular flexibility index (Phi) is 7.65. The Labute approximate surface area is 169 Å². The molecule has 0 heterocycles. The first-order valence-corrected chi connectivity index (χ1v) is 9.09. The zero-order valence-corrected chi connectivity index (χ0v) is 16.6. The van der Waals surface area contributed by atoms with Crippen LogP contribution in [0.2, 0.25) is 0 Å². The maximum absolute atomic E-state index is 12.1. The number of rotatable bonds is 8. The van der Waals surface area contributed by atoms with Crippen molar-refractivity contribution in [3.63, 3.8) is 0 Å². The molecule has 0 saturated carbocycles. The molecule has 152 valence electrons. The van der Waals surface area contributed by atoms with E-state index in [1.165, 1.54) is 31.2 Å². The summed E-state index contributed by atoms with van der Waals surface area (Å²) in [5.74, 6) is -1.47. The van der Waals surface area contributed by atoms with Gasteiger partial charge in [-0.1, -0.05) is 18.2 Å². The normalized spacial score (nSPS) is 10.2. The maximum atomic E-state index is 12.1. The maximum Gasteiger partial charge on any atom is 0.308 e. The molecule has 0 aliphatic heterocycles. The van der Waals surface area contributed by atoms with Crippen LogP contribution in [0.5, 0.6) is 5.75 Å². The molecule has 0 fully saturated rings. The first kappa shape index (κ1) is 21.8. The number of para-hydroxylation sites is 1. The van der Waals surface area contributed by atoms with Gasteiger partial charge in [-0.15, -0.1) is 0 Å². The molecular formula is C22H23NO6. The molecule has 0 radical (unpaired) electrons. The topological polar surface area (TPSA) is 98.8 Å². The lowest BCUT2D eigenvalue weighted by atomic mass is 10.1. The number of Topliss-reactive ketones (excluding diaryl/α,β-unsaturated/α-hetero) is 1. The molecule has 0 unspecified atom stereocenters. The number of ketones is 1. The number of amides is 1. The standard InChI is InChI=1S/C22H23NO6/c1-14-5-4-6-15(2)22(14)23-20(26)11-12-21(27)28-13-19(25)17-7-9-18(10-8-17)29-16(3)24/h4-10H,11-13H2,1-3H3,(H,23,26). The van der Waals surface area contributed by atoms with Crippen LogP contribution in [0.4, 0.5) is 5.69 Å². The summed E-state index contributed by atoms with van der Waals surface area (Å²) in [4.78, 5) is 46.9. The van der Waals surface area contributed by atoms with Crippen LogP contribution in [0.1, 0.15) is 41.3 Å². The van der Waals surface area contributed by atoms with E-state index < -0.39 is 24.3 Å². The van der Waals surface area contributed by atoms with E-state index in [0.29, 0.717) is 11.3 Å². The van der Waals surface area contributed by atoms with Crippen molar-refractivity contribution in [2.45, 2.75) is 33.6 Å². The van der Waals surface area contributed by atoms with E-state index in [9.17, 15) is 19.2 Å². The highest BCUT2D eigenvalue weighted by molar-refractivity contribution is 5.98. The number of aryl methyl sites for hydroxylation is 2. The molecule has 0 aliphatic carbocycles. The monoisotopic (exact) mass is 397 g/mol. The lowest BCUT2D eigenvalue weighted by molar-refractivity contribution is -0.143. The van der Waals surface area contributed by atoms with Gasteiger partial charge >= 0.3 is 11.9 Å². The number of hydrogen-bond donors (Lipinski definition) is 1. The van der Waals surface area contributed by atoms with Crippen LogP contribution in [0.3, 0.4) is 0 Å². The number of anilines is 1. The molecule has 0 spiro atoms. The Morgan fingerprint density at radius 1 is 0.897 bits per heavy atom. The quantitative estimate of drug-likeness (QED) is 0.417. The number of ether oxygens (including phenoxy) is 2. The second-order valence-electron chi connectivity index (χ2n) is 6.52. The third-order valence-electron chi connectivity index (χ3n) is 4.10. The van der Waals surface area contributed by atoms with Crippen LogP contribution in [0.15, 0.2) is 42.5 Å². The van der Waals surface area contributed by atoms with E-state index in [4.69, 9.17) is 9.47 Å². The molecule has 2 rings (SSSR count). The minimum absolute atomic E-state index is 0.0438. The summed E-state index contributed by atoms with van der Waals surface area (Å²) >= 11 is 0. The van der Waals surface area contributed by atoms with Gasteiger partial charge in [0.25, 0.3) is 0 Å². The highest BCUT2D eigenvalue weighted by Crippen LogP contribution is 2.19. The van der Waals surface area contributed by atoms with Gasteiger partial charge in [0.05, 0.1) is 6.42 Å². The molecule has 7 heteroatoms. The van der Waals surface area contributed by atoms with E-state index in [-0.39, 0.29) is 18.7 Å². The minimum atomic E-state index is -0.633. The molecule has 0 saturated heterocycles. The van der Waals surface area contributed by atoms with Crippen molar-refractivity contribution in [1.29, 1.82) is 0 Å². The van der Waals surface area contributed by atoms with Gasteiger partial charge in [-0.3, -0.25) is 19.2 Å². The first-order valence-electron chi connectivity index (χ1n) is 9.09. The molecule has 7 nitrogen and oxygen atoms in total. The van der Waals surface area contributed by atoms with E-state index in [1.807, 2.05) is 32.0 Å². The van der Waals surface area contributed by atoms with Crippen molar-refractivity contribution in [2.75, 3.05) is 11.9 Å². The van der Waals surface area contributed by atoms with Gasteiger partial charge in [-0.25, -0.2) is 0 Å². The van der Waals surface area contributed by atoms with Gasteiger partial charge in [0, 0.05) is 24.6 Å². The molecular weight excluding hydrogens is 374 g/mol. The summed E-state index contributed by atoms with van der Waals surface area (Å²) in [5.41, 5.74) is 2.93. The van der Waals surface area contributed by atoms with Crippen LogP contribution in [-0.4, -0.2) is 30.2 Å². The average Bonchev–Trinajstić information content (AvgIpc) is 2.67. The summed E-state index contributed by atoms with van der Waals surface area (Å²) in [5, 5.41) is 2.79. The number of benzene rings is 2. The lowest BCUT2D eigenvalue weighted by Crippen LogP contribution is -2.18. The molecule has 0 atom stereocenters. The number of carbonyl (C=O) groups excluding carboxylic acids is 4. The second kappa shape index (κ2) is 10.2. The highest BCUT2D eigenvalue weighted by Gasteiger charge is 2.13. The highest BCUT2D eigenvalue weighted by atomic mass is 16.5. The van der Waals surface area contributed by atoms with E-state index in [2.05, 4.69) is 5.32 Å². The number of esters is 2. The molecule has 2 aromatic carbocycles. The van der Waals surface area contributed by atoms with Crippen molar-refractivity contribution in [3.05, 3.63) is 59.2 Å². The predicted molar refractivity (Wildman–Crippen MR) is 107 cm³/mol. The van der Waals surface area contributed by atoms with Gasteiger partial charge in [0.2, 0.25) is 5.91 Å². The second-order valence-corrected chi connectivity index (χ2v) is 6.52. The summed E-state index contributed by atoms with van der Waals surface area (Å²) in [7, 11) is 0. The Bertz CT molecular complexity index is 897. The first-order chi connectivity index (χ1) is 13.8. The summed E-state index contributed by atoms with van der Waals surface area (Å²) in [6, 6.07) is 11.6. The third kappa shape index (κ3) is 6.88. The summed E-state index contributed by atoms with van der Waals surface area (Å²) in [6.45, 7) is 4.63. The van der Waals surface area contributed by atoms with Gasteiger partial charge < -0.3 is 14.8 Å². The van der Waals surface area contributed by atoms with Crippen LogP contribution >= 0.6 is 0 Å². The van der Waals surface area contributed by atoms with Gasteiger partial charge in [-0.2, -0.15) is 0 Å². The van der Waals surface area contributed by atoms with Crippen LogP contribution in [0.25, 0.3) is 0 Å². The van der Waals surface area contributed by atoms with Gasteiger partial charge in [0.1, 0.15) is 5.75 Å². The van der Waals surface area contributed by atoms with Crippen LogP contribution < -0.4 is 10.1 Å². The fourth-order valence-corrected chi connectivity index (χ4v) is 2.61. The zero-order chi connectivity index (χ0) is 21.4. The van der Waals surface area contributed by atoms with Crippen LogP contribution in [0, 0.1) is 13.8 Å².